The van der Waals surface area contributed by atoms with Crippen LogP contribution in [0.25, 0.3) is 0 Å². The minimum Gasteiger partial charge on any atom is -0.358 e. The first-order valence-corrected chi connectivity index (χ1v) is 7.00. The van der Waals surface area contributed by atoms with Crippen LogP contribution in [-0.2, 0) is 4.79 Å². The molecule has 1 aliphatic rings. The maximum Gasteiger partial charge on any atom is 0.237 e. The van der Waals surface area contributed by atoms with Crippen molar-refractivity contribution in [2.24, 2.45) is 5.73 Å². The monoisotopic (exact) mass is 261 g/mol. The number of nitrogens with two attached hydrogens (primary N) is 1. The molecule has 0 saturated carbocycles. The first-order valence-electron chi connectivity index (χ1n) is 7.00. The fourth-order valence-corrected chi connectivity index (χ4v) is 2.91. The highest BCUT2D eigenvalue weighted by Gasteiger charge is 2.32. The van der Waals surface area contributed by atoms with E-state index in [1.807, 2.05) is 18.2 Å². The molecular weight excluding hydrogens is 238 g/mol. The summed E-state index contributed by atoms with van der Waals surface area (Å²) in [5.74, 6) is 0.106. The van der Waals surface area contributed by atoms with Crippen molar-refractivity contribution in [2.45, 2.75) is 31.3 Å². The summed E-state index contributed by atoms with van der Waals surface area (Å²) in [6.45, 7) is 1.48. The first kappa shape index (κ1) is 14.0. The molecule has 1 aromatic rings. The Morgan fingerprint density at radius 1 is 1.42 bits per heavy atom. The van der Waals surface area contributed by atoms with Crippen molar-refractivity contribution < 1.29 is 4.79 Å². The highest BCUT2D eigenvalue weighted by Crippen LogP contribution is 2.28. The molecule has 19 heavy (non-hydrogen) atoms. The third-order valence-electron chi connectivity index (χ3n) is 3.90. The van der Waals surface area contributed by atoms with Gasteiger partial charge in [-0.05, 0) is 24.9 Å². The lowest BCUT2D eigenvalue weighted by molar-refractivity contribution is -0.128. The molecule has 1 saturated heterocycles. The topological polar surface area (TPSA) is 58.4 Å². The number of rotatable bonds is 4. The number of piperidine rings is 1. The number of nitrogens with one attached hydrogen (secondary N) is 1. The zero-order valence-electron chi connectivity index (χ0n) is 11.5. The van der Waals surface area contributed by atoms with Gasteiger partial charge in [0.1, 0.15) is 0 Å². The number of carbonyl (C=O) groups excluding carboxylic acids is 1. The van der Waals surface area contributed by atoms with Crippen LogP contribution in [0.4, 0.5) is 0 Å². The van der Waals surface area contributed by atoms with Gasteiger partial charge in [0.25, 0.3) is 0 Å². The van der Waals surface area contributed by atoms with E-state index in [4.69, 9.17) is 5.73 Å². The molecule has 4 heteroatoms. The summed E-state index contributed by atoms with van der Waals surface area (Å²) < 4.78 is 0. The summed E-state index contributed by atoms with van der Waals surface area (Å²) >= 11 is 0. The van der Waals surface area contributed by atoms with E-state index in [-0.39, 0.29) is 18.0 Å². The molecule has 104 valence electrons. The van der Waals surface area contributed by atoms with Gasteiger partial charge in [0.2, 0.25) is 5.91 Å². The molecule has 2 unspecified atom stereocenters. The number of amides is 1. The third-order valence-corrected chi connectivity index (χ3v) is 3.90. The summed E-state index contributed by atoms with van der Waals surface area (Å²) in [5.41, 5.74) is 7.16. The Bertz CT molecular complexity index is 407. The molecule has 4 nitrogen and oxygen atoms in total. The molecule has 3 N–H and O–H groups in total. The summed E-state index contributed by atoms with van der Waals surface area (Å²) in [6, 6.07) is 10.3. The number of likely N-dealkylation sites (N-methyl/N-ethyl adjacent to an activating group) is 1. The summed E-state index contributed by atoms with van der Waals surface area (Å²) in [6.07, 6.45) is 3.17. The Balaban J connectivity index is 2.22. The van der Waals surface area contributed by atoms with E-state index in [9.17, 15) is 4.79 Å². The highest BCUT2D eigenvalue weighted by molar-refractivity contribution is 5.81. The molecule has 1 heterocycles. The van der Waals surface area contributed by atoms with E-state index >= 15 is 0 Å². The molecule has 1 fully saturated rings. The SMILES string of the molecule is CNC(=O)C1CCCCN1C(CN)c1ccccc1. The fraction of sp³-hybridized carbons (Fsp3) is 0.533. The summed E-state index contributed by atoms with van der Waals surface area (Å²) in [4.78, 5) is 14.3. The molecule has 1 aromatic carbocycles. The first-order chi connectivity index (χ1) is 9.27. The van der Waals surface area contributed by atoms with E-state index in [1.165, 1.54) is 5.56 Å². The molecule has 1 aliphatic heterocycles. The van der Waals surface area contributed by atoms with Gasteiger partial charge in [0.05, 0.1) is 6.04 Å². The Labute approximate surface area is 115 Å². The summed E-state index contributed by atoms with van der Waals surface area (Å²) in [7, 11) is 1.70. The predicted octanol–water partition coefficient (Wildman–Crippen LogP) is 1.29. The van der Waals surface area contributed by atoms with Gasteiger partial charge in [-0.3, -0.25) is 9.69 Å². The lowest BCUT2D eigenvalue weighted by atomic mass is 9.95. The van der Waals surface area contributed by atoms with Crippen LogP contribution in [0.3, 0.4) is 0 Å². The van der Waals surface area contributed by atoms with Crippen LogP contribution in [0.1, 0.15) is 30.9 Å². The van der Waals surface area contributed by atoms with Crippen molar-refractivity contribution in [3.05, 3.63) is 35.9 Å². The van der Waals surface area contributed by atoms with Crippen molar-refractivity contribution >= 4 is 5.91 Å². The number of carbonyl (C=O) groups is 1. The highest BCUT2D eigenvalue weighted by atomic mass is 16.2. The largest absolute Gasteiger partial charge is 0.358 e. The van der Waals surface area contributed by atoms with Gasteiger partial charge in [-0.15, -0.1) is 0 Å². The van der Waals surface area contributed by atoms with E-state index in [0.717, 1.165) is 25.8 Å². The fourth-order valence-electron chi connectivity index (χ4n) is 2.91. The van der Waals surface area contributed by atoms with Gasteiger partial charge in [0.15, 0.2) is 0 Å². The van der Waals surface area contributed by atoms with Crippen LogP contribution in [0.15, 0.2) is 30.3 Å². The van der Waals surface area contributed by atoms with Gasteiger partial charge >= 0.3 is 0 Å². The van der Waals surface area contributed by atoms with E-state index in [1.54, 1.807) is 7.05 Å². The Kier molecular flexibility index (Phi) is 4.93. The number of hydrogen-bond donors (Lipinski definition) is 2. The Morgan fingerprint density at radius 3 is 2.79 bits per heavy atom. The number of nitrogens with zero attached hydrogens (tertiary/aromatic N) is 1. The maximum atomic E-state index is 12.0. The standard InChI is InChI=1S/C15H23N3O/c1-17-15(19)13-9-5-6-10-18(13)14(11-16)12-7-3-2-4-8-12/h2-4,7-8,13-14H,5-6,9-11,16H2,1H3,(H,17,19). The van der Waals surface area contributed by atoms with E-state index in [2.05, 4.69) is 22.3 Å². The molecule has 1 amide bonds. The Hall–Kier alpha value is -1.39. The number of likely N-dealkylation sites (tertiary alicyclic amines) is 1. The zero-order valence-corrected chi connectivity index (χ0v) is 11.5. The van der Waals surface area contributed by atoms with E-state index < -0.39 is 0 Å². The molecule has 2 rings (SSSR count). The van der Waals surface area contributed by atoms with Crippen molar-refractivity contribution in [3.63, 3.8) is 0 Å². The van der Waals surface area contributed by atoms with Crippen molar-refractivity contribution in [3.8, 4) is 0 Å². The van der Waals surface area contributed by atoms with Crippen molar-refractivity contribution in [2.75, 3.05) is 20.1 Å². The third kappa shape index (κ3) is 3.14. The molecule has 0 radical (unpaired) electrons. The van der Waals surface area contributed by atoms with Gasteiger partial charge in [-0.1, -0.05) is 36.8 Å². The van der Waals surface area contributed by atoms with Crippen LogP contribution in [0.2, 0.25) is 0 Å². The minimum atomic E-state index is -0.0486. The van der Waals surface area contributed by atoms with Crippen LogP contribution >= 0.6 is 0 Å². The average molecular weight is 261 g/mol. The van der Waals surface area contributed by atoms with Crippen molar-refractivity contribution in [1.29, 1.82) is 0 Å². The molecule has 2 atom stereocenters. The molecule has 0 spiro atoms. The predicted molar refractivity (Wildman–Crippen MR) is 76.6 cm³/mol. The quantitative estimate of drug-likeness (QED) is 0.858. The second kappa shape index (κ2) is 6.68. The van der Waals surface area contributed by atoms with Gasteiger partial charge in [-0.2, -0.15) is 0 Å². The lowest BCUT2D eigenvalue weighted by Crippen LogP contribution is -2.51. The minimum absolute atomic E-state index is 0.0486. The van der Waals surface area contributed by atoms with E-state index in [0.29, 0.717) is 6.54 Å². The van der Waals surface area contributed by atoms with Crippen LogP contribution in [0, 0.1) is 0 Å². The normalized spacial score (nSPS) is 21.9. The zero-order chi connectivity index (χ0) is 13.7. The molecule has 0 bridgehead atoms. The number of benzene rings is 1. The van der Waals surface area contributed by atoms with Gasteiger partial charge in [0, 0.05) is 19.6 Å². The van der Waals surface area contributed by atoms with Gasteiger partial charge < -0.3 is 11.1 Å². The average Bonchev–Trinajstić information content (AvgIpc) is 2.49. The van der Waals surface area contributed by atoms with Crippen LogP contribution < -0.4 is 11.1 Å². The van der Waals surface area contributed by atoms with Crippen LogP contribution in [-0.4, -0.2) is 37.0 Å². The lowest BCUT2D eigenvalue weighted by Gasteiger charge is -2.40. The molecular formula is C15H23N3O. The smallest absolute Gasteiger partial charge is 0.237 e. The second-order valence-corrected chi connectivity index (χ2v) is 5.03. The number of hydrogen-bond acceptors (Lipinski definition) is 3. The van der Waals surface area contributed by atoms with Gasteiger partial charge in [-0.25, -0.2) is 0 Å². The molecule has 0 aliphatic carbocycles. The summed E-state index contributed by atoms with van der Waals surface area (Å²) in [5, 5.41) is 2.77. The maximum absolute atomic E-state index is 12.0. The van der Waals surface area contributed by atoms with Crippen molar-refractivity contribution in [1.82, 2.24) is 10.2 Å². The Morgan fingerprint density at radius 2 is 2.16 bits per heavy atom. The molecule has 0 aromatic heterocycles. The second-order valence-electron chi connectivity index (χ2n) is 5.03. The van der Waals surface area contributed by atoms with Crippen LogP contribution in [0.5, 0.6) is 0 Å².